The van der Waals surface area contributed by atoms with E-state index < -0.39 is 0 Å². The highest BCUT2D eigenvalue weighted by Crippen LogP contribution is 2.30. The summed E-state index contributed by atoms with van der Waals surface area (Å²) in [6, 6.07) is 20.0. The predicted octanol–water partition coefficient (Wildman–Crippen LogP) is 3.35. The number of anilines is 1. The molecule has 0 aliphatic carbocycles. The van der Waals surface area contributed by atoms with Crippen LogP contribution in [0.4, 0.5) is 5.69 Å². The minimum atomic E-state index is 0.378. The summed E-state index contributed by atoms with van der Waals surface area (Å²) in [6.45, 7) is 7.44. The van der Waals surface area contributed by atoms with Crippen LogP contribution in [0, 0.1) is 5.92 Å². The molecular weight excluding hydrogens is 398 g/mol. The van der Waals surface area contributed by atoms with Gasteiger partial charge in [0.25, 0.3) is 0 Å². The Hall–Kier alpha value is -2.73. The third-order valence-electron chi connectivity index (χ3n) is 6.76. The number of ether oxygens (including phenoxy) is 1. The van der Waals surface area contributed by atoms with Gasteiger partial charge >= 0.3 is 0 Å². The quantitative estimate of drug-likeness (QED) is 0.516. The average molecular weight is 436 g/mol. The first-order valence-corrected chi connectivity index (χ1v) is 11.8. The molecule has 0 radical (unpaired) electrons. The summed E-state index contributed by atoms with van der Waals surface area (Å²) < 4.78 is 5.54. The molecule has 6 heteroatoms. The van der Waals surface area contributed by atoms with Gasteiger partial charge in [-0.2, -0.15) is 0 Å². The highest BCUT2D eigenvalue weighted by atomic mass is 16.5. The number of aliphatic imine (C=N–C) groups is 1. The maximum absolute atomic E-state index is 5.54. The van der Waals surface area contributed by atoms with E-state index in [1.54, 1.807) is 7.11 Å². The lowest BCUT2D eigenvalue weighted by atomic mass is 10.1. The van der Waals surface area contributed by atoms with Crippen molar-refractivity contribution in [3.05, 3.63) is 60.2 Å². The average Bonchev–Trinajstić information content (AvgIpc) is 3.43. The van der Waals surface area contributed by atoms with Gasteiger partial charge < -0.3 is 20.3 Å². The zero-order chi connectivity index (χ0) is 22.3. The largest absolute Gasteiger partial charge is 0.495 e. The molecule has 2 aromatic carbocycles. The first-order valence-electron chi connectivity index (χ1n) is 11.8. The van der Waals surface area contributed by atoms with Crippen molar-refractivity contribution in [1.82, 2.24) is 15.5 Å². The molecule has 32 heavy (non-hydrogen) atoms. The first kappa shape index (κ1) is 22.5. The standard InChI is InChI=1S/C26H37N5O/c1-20-15-22(18-31(20)17-21-9-5-4-6-10-21)16-28-26(27-2)29-23-13-14-30(19-23)24-11-7-8-12-25(24)32-3/h4-12,20,22-23H,13-19H2,1-3H3,(H2,27,28,29). The Balaban J connectivity index is 1.24. The Kier molecular flexibility index (Phi) is 7.53. The fourth-order valence-corrected chi connectivity index (χ4v) is 5.02. The van der Waals surface area contributed by atoms with Gasteiger partial charge in [0, 0.05) is 51.9 Å². The SMILES string of the molecule is CN=C(NCC1CC(C)N(Cc2ccccc2)C1)NC1CCN(c2ccccc2OC)C1. The van der Waals surface area contributed by atoms with E-state index in [1.807, 2.05) is 19.2 Å². The molecule has 2 aliphatic heterocycles. The van der Waals surface area contributed by atoms with E-state index in [-0.39, 0.29) is 0 Å². The van der Waals surface area contributed by atoms with Gasteiger partial charge in [-0.05, 0) is 43.4 Å². The van der Waals surface area contributed by atoms with E-state index in [9.17, 15) is 0 Å². The van der Waals surface area contributed by atoms with Gasteiger partial charge in [-0.1, -0.05) is 42.5 Å². The molecule has 2 aliphatic rings. The van der Waals surface area contributed by atoms with E-state index in [4.69, 9.17) is 4.74 Å². The molecule has 172 valence electrons. The zero-order valence-corrected chi connectivity index (χ0v) is 19.6. The minimum absolute atomic E-state index is 0.378. The Bertz CT molecular complexity index is 887. The molecule has 3 unspecified atom stereocenters. The van der Waals surface area contributed by atoms with Crippen molar-refractivity contribution >= 4 is 11.6 Å². The molecule has 2 N–H and O–H groups in total. The van der Waals surface area contributed by atoms with Gasteiger partial charge in [-0.3, -0.25) is 9.89 Å². The highest BCUT2D eigenvalue weighted by Gasteiger charge is 2.29. The molecule has 0 saturated carbocycles. The van der Waals surface area contributed by atoms with Gasteiger partial charge in [0.2, 0.25) is 0 Å². The van der Waals surface area contributed by atoms with Crippen LogP contribution in [0.3, 0.4) is 0 Å². The number of methoxy groups -OCH3 is 1. The van der Waals surface area contributed by atoms with Crippen LogP contribution in [0.15, 0.2) is 59.6 Å². The van der Waals surface area contributed by atoms with Crippen LogP contribution in [0.5, 0.6) is 5.75 Å². The maximum Gasteiger partial charge on any atom is 0.191 e. The summed E-state index contributed by atoms with van der Waals surface area (Å²) in [4.78, 5) is 9.48. The summed E-state index contributed by atoms with van der Waals surface area (Å²) in [5.74, 6) is 2.48. The third-order valence-corrected chi connectivity index (χ3v) is 6.76. The van der Waals surface area contributed by atoms with Crippen molar-refractivity contribution in [2.24, 2.45) is 10.9 Å². The molecule has 2 aromatic rings. The second-order valence-electron chi connectivity index (χ2n) is 9.07. The Morgan fingerprint density at radius 1 is 1.09 bits per heavy atom. The van der Waals surface area contributed by atoms with Gasteiger partial charge in [-0.15, -0.1) is 0 Å². The second-order valence-corrected chi connectivity index (χ2v) is 9.07. The molecular formula is C26H37N5O. The number of nitrogens with zero attached hydrogens (tertiary/aromatic N) is 3. The number of likely N-dealkylation sites (tertiary alicyclic amines) is 1. The number of guanidine groups is 1. The number of para-hydroxylation sites is 2. The molecule has 2 heterocycles. The van der Waals surface area contributed by atoms with E-state index in [2.05, 4.69) is 74.8 Å². The second kappa shape index (κ2) is 10.7. The first-order chi connectivity index (χ1) is 15.7. The topological polar surface area (TPSA) is 52.1 Å². The van der Waals surface area contributed by atoms with Crippen LogP contribution in [0.25, 0.3) is 0 Å². The van der Waals surface area contributed by atoms with Crippen LogP contribution in [0.1, 0.15) is 25.3 Å². The van der Waals surface area contributed by atoms with Crippen LogP contribution >= 0.6 is 0 Å². The Labute approximate surface area is 192 Å². The lowest BCUT2D eigenvalue weighted by molar-refractivity contribution is 0.255. The molecule has 6 nitrogen and oxygen atoms in total. The van der Waals surface area contributed by atoms with E-state index in [0.29, 0.717) is 18.0 Å². The van der Waals surface area contributed by atoms with Crippen molar-refractivity contribution in [3.63, 3.8) is 0 Å². The number of nitrogens with one attached hydrogen (secondary N) is 2. The summed E-state index contributed by atoms with van der Waals surface area (Å²) in [5.41, 5.74) is 2.56. The summed E-state index contributed by atoms with van der Waals surface area (Å²) in [6.07, 6.45) is 2.31. The number of hydrogen-bond donors (Lipinski definition) is 2. The maximum atomic E-state index is 5.54. The van der Waals surface area contributed by atoms with Crippen molar-refractivity contribution in [1.29, 1.82) is 0 Å². The van der Waals surface area contributed by atoms with Crippen LogP contribution in [-0.4, -0.2) is 63.3 Å². The summed E-state index contributed by atoms with van der Waals surface area (Å²) in [5, 5.41) is 7.22. The van der Waals surface area contributed by atoms with E-state index in [0.717, 1.165) is 50.9 Å². The van der Waals surface area contributed by atoms with E-state index in [1.165, 1.54) is 17.7 Å². The van der Waals surface area contributed by atoms with Crippen molar-refractivity contribution in [2.75, 3.05) is 45.2 Å². The van der Waals surface area contributed by atoms with Gasteiger partial charge in [0.1, 0.15) is 5.75 Å². The lowest BCUT2D eigenvalue weighted by Crippen LogP contribution is -2.46. The smallest absolute Gasteiger partial charge is 0.191 e. The Morgan fingerprint density at radius 2 is 1.88 bits per heavy atom. The molecule has 0 bridgehead atoms. The highest BCUT2D eigenvalue weighted by molar-refractivity contribution is 5.80. The van der Waals surface area contributed by atoms with Crippen molar-refractivity contribution in [2.45, 2.75) is 38.4 Å². The fourth-order valence-electron chi connectivity index (χ4n) is 5.02. The summed E-state index contributed by atoms with van der Waals surface area (Å²) >= 11 is 0. The number of benzene rings is 2. The van der Waals surface area contributed by atoms with Crippen LogP contribution in [0.2, 0.25) is 0 Å². The number of rotatable bonds is 7. The summed E-state index contributed by atoms with van der Waals surface area (Å²) in [7, 11) is 3.60. The molecule has 0 amide bonds. The Morgan fingerprint density at radius 3 is 2.66 bits per heavy atom. The van der Waals surface area contributed by atoms with Crippen LogP contribution in [-0.2, 0) is 6.54 Å². The molecule has 2 saturated heterocycles. The molecule has 0 aromatic heterocycles. The fraction of sp³-hybridized carbons (Fsp3) is 0.500. The zero-order valence-electron chi connectivity index (χ0n) is 19.6. The molecule has 0 spiro atoms. The minimum Gasteiger partial charge on any atom is -0.495 e. The molecule has 4 rings (SSSR count). The van der Waals surface area contributed by atoms with Gasteiger partial charge in [-0.25, -0.2) is 0 Å². The van der Waals surface area contributed by atoms with Crippen molar-refractivity contribution < 1.29 is 4.74 Å². The van der Waals surface area contributed by atoms with Crippen molar-refractivity contribution in [3.8, 4) is 5.75 Å². The molecule has 3 atom stereocenters. The van der Waals surface area contributed by atoms with Gasteiger partial charge in [0.15, 0.2) is 5.96 Å². The predicted molar refractivity (Wildman–Crippen MR) is 133 cm³/mol. The van der Waals surface area contributed by atoms with E-state index >= 15 is 0 Å². The molecule has 2 fully saturated rings. The van der Waals surface area contributed by atoms with Gasteiger partial charge in [0.05, 0.1) is 12.8 Å². The van der Waals surface area contributed by atoms with Crippen LogP contribution < -0.4 is 20.3 Å². The monoisotopic (exact) mass is 435 g/mol. The third kappa shape index (κ3) is 5.54. The number of hydrogen-bond acceptors (Lipinski definition) is 4. The lowest BCUT2D eigenvalue weighted by Gasteiger charge is -2.23. The normalized spacial score (nSPS) is 24.0.